The Morgan fingerprint density at radius 3 is 2.17 bits per heavy atom. The Labute approximate surface area is 226 Å². The van der Waals surface area contributed by atoms with Gasteiger partial charge in [0.15, 0.2) is 9.84 Å². The van der Waals surface area contributed by atoms with Gasteiger partial charge in [0.25, 0.3) is 0 Å². The molecule has 0 spiro atoms. The van der Waals surface area contributed by atoms with Crippen LogP contribution in [0.1, 0.15) is 55.7 Å². The van der Waals surface area contributed by atoms with Crippen LogP contribution in [0, 0.1) is 11.7 Å². The Balaban J connectivity index is 1.89. The summed E-state index contributed by atoms with van der Waals surface area (Å²) in [5, 5.41) is 0. The maximum atomic E-state index is 14.9. The van der Waals surface area contributed by atoms with E-state index in [2.05, 4.69) is 0 Å². The molecule has 220 valence electrons. The van der Waals surface area contributed by atoms with Crippen LogP contribution in [-0.4, -0.2) is 44.7 Å². The van der Waals surface area contributed by atoms with Gasteiger partial charge in [0.05, 0.1) is 4.90 Å². The number of hydrogen-bond acceptors (Lipinski definition) is 3. The van der Waals surface area contributed by atoms with Gasteiger partial charge in [-0.15, -0.1) is 0 Å². The molecule has 2 aromatic rings. The molecule has 2 unspecified atom stereocenters. The molecule has 0 aromatic heterocycles. The number of alkyl halides is 7. The molecule has 1 saturated heterocycles. The van der Waals surface area contributed by atoms with E-state index in [0.29, 0.717) is 18.6 Å². The number of unbranched alkanes of at least 4 members (excludes halogenated alkanes) is 2. The molecule has 2 aliphatic rings. The fourth-order valence-corrected chi connectivity index (χ4v) is 8.27. The lowest BCUT2D eigenvalue weighted by Gasteiger charge is -2.40. The third-order valence-electron chi connectivity index (χ3n) is 7.98. The number of sulfone groups is 1. The van der Waals surface area contributed by atoms with Crippen LogP contribution in [0.2, 0.25) is 0 Å². The van der Waals surface area contributed by atoms with Crippen LogP contribution in [0.15, 0.2) is 47.4 Å². The fraction of sp³-hybridized carbons (Fsp3) is 0.519. The van der Waals surface area contributed by atoms with Gasteiger partial charge < -0.3 is 4.90 Å². The minimum absolute atomic E-state index is 0.00469. The van der Waals surface area contributed by atoms with Gasteiger partial charge in [0.2, 0.25) is 5.91 Å². The van der Waals surface area contributed by atoms with Crippen molar-refractivity contribution in [1.29, 1.82) is 0 Å². The second-order valence-electron chi connectivity index (χ2n) is 10.3. The lowest BCUT2D eigenvalue weighted by atomic mass is 9.75. The van der Waals surface area contributed by atoms with Crippen molar-refractivity contribution >= 4 is 15.7 Å². The normalized spacial score (nSPS) is 21.7. The third-order valence-corrected chi connectivity index (χ3v) is 10.5. The van der Waals surface area contributed by atoms with E-state index < -0.39 is 56.4 Å². The summed E-state index contributed by atoms with van der Waals surface area (Å²) in [4.78, 5) is 14.1. The number of likely N-dealkylation sites (tertiary alicyclic amines) is 1. The van der Waals surface area contributed by atoms with Crippen molar-refractivity contribution in [3.8, 4) is 0 Å². The molecular weight excluding hydrogens is 570 g/mol. The average Bonchev–Trinajstić information content (AvgIpc) is 3.29. The highest BCUT2D eigenvalue weighted by Crippen LogP contribution is 2.56. The van der Waals surface area contributed by atoms with Gasteiger partial charge >= 0.3 is 18.0 Å². The first-order chi connectivity index (χ1) is 18.5. The quantitative estimate of drug-likeness (QED) is 0.201. The van der Waals surface area contributed by atoms with Gasteiger partial charge in [0, 0.05) is 31.0 Å². The minimum atomic E-state index is -6.33. The number of fused-ring (bicyclic) bond motifs is 3. The Hall–Kier alpha value is -2.70. The number of nitrogens with zero attached hydrogens (tertiary/aromatic N) is 1. The average molecular weight is 598 g/mol. The zero-order chi connectivity index (χ0) is 29.7. The molecule has 0 bridgehead atoms. The van der Waals surface area contributed by atoms with Crippen LogP contribution >= 0.6 is 0 Å². The van der Waals surface area contributed by atoms with E-state index in [1.165, 1.54) is 4.90 Å². The fourth-order valence-electron chi connectivity index (χ4n) is 5.91. The molecule has 0 radical (unpaired) electrons. The molecule has 1 aliphatic heterocycles. The van der Waals surface area contributed by atoms with E-state index in [0.717, 1.165) is 43.2 Å². The number of carbonyl (C=O) groups excluding carboxylic acids is 1. The molecule has 4 rings (SSSR count). The predicted octanol–water partition coefficient (Wildman–Crippen LogP) is 6.77. The summed E-state index contributed by atoms with van der Waals surface area (Å²) in [6, 6.07) is 5.41. The molecule has 1 amide bonds. The Bertz CT molecular complexity index is 1360. The van der Waals surface area contributed by atoms with Crippen molar-refractivity contribution in [3.63, 3.8) is 0 Å². The van der Waals surface area contributed by atoms with Crippen LogP contribution in [0.25, 0.3) is 0 Å². The number of amides is 1. The number of hydrogen-bond donors (Lipinski definition) is 0. The maximum absolute atomic E-state index is 14.9. The molecule has 0 N–H and O–H groups in total. The number of carbonyl (C=O) groups is 1. The van der Waals surface area contributed by atoms with E-state index >= 15 is 0 Å². The summed E-state index contributed by atoms with van der Waals surface area (Å²) in [6.45, 7) is 1.55. The van der Waals surface area contributed by atoms with Gasteiger partial charge in [-0.2, -0.15) is 26.3 Å². The van der Waals surface area contributed by atoms with Crippen molar-refractivity contribution in [3.05, 3.63) is 65.0 Å². The summed E-state index contributed by atoms with van der Waals surface area (Å²) in [5.74, 6) is -1.80. The number of halogens is 8. The monoisotopic (exact) mass is 597 g/mol. The molecule has 2 aromatic carbocycles. The van der Waals surface area contributed by atoms with Crippen LogP contribution in [0.3, 0.4) is 0 Å². The molecule has 40 heavy (non-hydrogen) atoms. The molecule has 2 atom stereocenters. The van der Waals surface area contributed by atoms with Gasteiger partial charge in [-0.3, -0.25) is 4.79 Å². The molecule has 4 nitrogen and oxygen atoms in total. The highest BCUT2D eigenvalue weighted by atomic mass is 32.2. The summed E-state index contributed by atoms with van der Waals surface area (Å²) in [7, 11) is -4.49. The first-order valence-corrected chi connectivity index (χ1v) is 14.2. The number of benzene rings is 2. The predicted molar refractivity (Wildman–Crippen MR) is 129 cm³/mol. The molecule has 1 fully saturated rings. The molecule has 1 heterocycles. The summed E-state index contributed by atoms with van der Waals surface area (Å²) >= 11 is 0. The number of rotatable bonds is 7. The van der Waals surface area contributed by atoms with Crippen LogP contribution in [0.4, 0.5) is 35.1 Å². The van der Waals surface area contributed by atoms with Crippen LogP contribution < -0.4 is 0 Å². The zero-order valence-electron chi connectivity index (χ0n) is 21.4. The zero-order valence-corrected chi connectivity index (χ0v) is 22.2. The third kappa shape index (κ3) is 4.67. The Kier molecular flexibility index (Phi) is 7.79. The molecule has 13 heteroatoms. The molecule has 1 aliphatic carbocycles. The van der Waals surface area contributed by atoms with Gasteiger partial charge in [0.1, 0.15) is 10.6 Å². The SMILES string of the molecule is CCCCCC(=O)N1CC2CCc3cc(C(F)(C(F)(F)F)C(F)(F)F)ccc3C2(S(=O)(=O)c2ccc(F)cc2)C1. The van der Waals surface area contributed by atoms with E-state index in [9.17, 15) is 48.3 Å². The number of aryl methyl sites for hydroxylation is 1. The van der Waals surface area contributed by atoms with E-state index in [1.54, 1.807) is 0 Å². The van der Waals surface area contributed by atoms with Gasteiger partial charge in [-0.25, -0.2) is 17.2 Å². The minimum Gasteiger partial charge on any atom is -0.340 e. The first-order valence-electron chi connectivity index (χ1n) is 12.7. The lowest BCUT2D eigenvalue weighted by Crippen LogP contribution is -2.51. The standard InChI is InChI=1S/C27H27F8NO3S/c1-2-3-4-5-23(37)36-15-19-7-6-17-14-18(25(29,26(30,31)32)27(33,34)35)8-13-22(17)24(19,16-36)40(38,39)21-11-9-20(28)10-12-21/h8-14,19H,2-7,15-16H2,1H3. The Morgan fingerprint density at radius 2 is 1.60 bits per heavy atom. The van der Waals surface area contributed by atoms with Crippen molar-refractivity contribution < 1.29 is 48.3 Å². The first kappa shape index (κ1) is 30.3. The highest BCUT2D eigenvalue weighted by molar-refractivity contribution is 7.92. The van der Waals surface area contributed by atoms with Gasteiger partial charge in [-0.05, 0) is 54.7 Å². The second-order valence-corrected chi connectivity index (χ2v) is 12.5. The topological polar surface area (TPSA) is 54.5 Å². The van der Waals surface area contributed by atoms with Crippen molar-refractivity contribution in [1.82, 2.24) is 4.90 Å². The summed E-state index contributed by atoms with van der Waals surface area (Å²) in [5.41, 5.74) is -7.65. The lowest BCUT2D eigenvalue weighted by molar-refractivity contribution is -0.348. The van der Waals surface area contributed by atoms with E-state index in [-0.39, 0.29) is 47.7 Å². The highest BCUT2D eigenvalue weighted by Gasteiger charge is 2.73. The largest absolute Gasteiger partial charge is 0.435 e. The summed E-state index contributed by atoms with van der Waals surface area (Å²) in [6.07, 6.45) is -10.5. The summed E-state index contributed by atoms with van der Waals surface area (Å²) < 4.78 is 136. The Morgan fingerprint density at radius 1 is 0.975 bits per heavy atom. The van der Waals surface area contributed by atoms with Gasteiger partial charge in [-0.1, -0.05) is 38.0 Å². The van der Waals surface area contributed by atoms with Crippen LogP contribution in [0.5, 0.6) is 0 Å². The maximum Gasteiger partial charge on any atom is 0.435 e. The van der Waals surface area contributed by atoms with Crippen molar-refractivity contribution in [2.24, 2.45) is 5.92 Å². The molecular formula is C27H27F8NO3S. The van der Waals surface area contributed by atoms with Crippen molar-refractivity contribution in [2.45, 2.75) is 73.1 Å². The smallest absolute Gasteiger partial charge is 0.340 e. The van der Waals surface area contributed by atoms with Crippen LogP contribution in [-0.2, 0) is 31.5 Å². The van der Waals surface area contributed by atoms with Crippen molar-refractivity contribution in [2.75, 3.05) is 13.1 Å². The second kappa shape index (κ2) is 10.3. The molecule has 0 saturated carbocycles. The van der Waals surface area contributed by atoms with E-state index in [1.807, 2.05) is 6.92 Å². The van der Waals surface area contributed by atoms with E-state index in [4.69, 9.17) is 0 Å².